The molecule has 1 rings (SSSR count). The van der Waals surface area contributed by atoms with Gasteiger partial charge in [0.25, 0.3) is 0 Å². The van der Waals surface area contributed by atoms with E-state index in [-0.39, 0.29) is 5.78 Å². The summed E-state index contributed by atoms with van der Waals surface area (Å²) >= 11 is 0. The van der Waals surface area contributed by atoms with Crippen LogP contribution < -0.4 is 0 Å². The molecule has 1 aliphatic rings. The van der Waals surface area contributed by atoms with Gasteiger partial charge in [0.15, 0.2) is 5.78 Å². The van der Waals surface area contributed by atoms with Crippen molar-refractivity contribution in [3.63, 3.8) is 0 Å². The first-order valence-corrected chi connectivity index (χ1v) is 4.17. The number of aliphatic hydroxyl groups is 1. The fourth-order valence-electron chi connectivity index (χ4n) is 1.43. The number of Topliss-reactive ketones (excluding diaryl/α,β-unsaturated/α-hetero) is 1. The molecule has 0 fully saturated rings. The first kappa shape index (κ1) is 9.20. The lowest BCUT2D eigenvalue weighted by Crippen LogP contribution is -2.15. The predicted molar refractivity (Wildman–Crippen MR) is 47.8 cm³/mol. The Morgan fingerprint density at radius 1 is 1.67 bits per heavy atom. The van der Waals surface area contributed by atoms with Crippen LogP contribution in [-0.4, -0.2) is 17.0 Å². The number of carbonyl (C=O) groups excluding carboxylic acids is 1. The lowest BCUT2D eigenvalue weighted by molar-refractivity contribution is -0.123. The first-order valence-electron chi connectivity index (χ1n) is 4.17. The second-order valence-corrected chi connectivity index (χ2v) is 3.12. The third-order valence-electron chi connectivity index (χ3n) is 2.20. The van der Waals surface area contributed by atoms with E-state index in [9.17, 15) is 9.90 Å². The SMILES string of the molecule is C/C=C\CC1=C(C)CC(=O)C1O. The van der Waals surface area contributed by atoms with Crippen LogP contribution >= 0.6 is 0 Å². The molecule has 0 radical (unpaired) electrons. The van der Waals surface area contributed by atoms with Gasteiger partial charge in [0, 0.05) is 6.42 Å². The van der Waals surface area contributed by atoms with Crippen molar-refractivity contribution in [2.24, 2.45) is 0 Å². The largest absolute Gasteiger partial charge is 0.381 e. The molecule has 2 heteroatoms. The summed E-state index contributed by atoms with van der Waals surface area (Å²) in [6, 6.07) is 0. The van der Waals surface area contributed by atoms with Gasteiger partial charge in [-0.3, -0.25) is 4.79 Å². The molecule has 0 spiro atoms. The summed E-state index contributed by atoms with van der Waals surface area (Å²) in [6.07, 6.45) is 4.18. The molecule has 0 bridgehead atoms. The summed E-state index contributed by atoms with van der Waals surface area (Å²) in [4.78, 5) is 11.0. The van der Waals surface area contributed by atoms with Gasteiger partial charge in [0.05, 0.1) is 0 Å². The maximum atomic E-state index is 11.0. The Labute approximate surface area is 72.6 Å². The smallest absolute Gasteiger partial charge is 0.169 e. The Bertz CT molecular complexity index is 249. The minimum atomic E-state index is -0.832. The van der Waals surface area contributed by atoms with Gasteiger partial charge in [-0.1, -0.05) is 17.7 Å². The second-order valence-electron chi connectivity index (χ2n) is 3.12. The van der Waals surface area contributed by atoms with Gasteiger partial charge in [-0.05, 0) is 25.8 Å². The lowest BCUT2D eigenvalue weighted by atomic mass is 10.1. The highest BCUT2D eigenvalue weighted by molar-refractivity contribution is 5.91. The van der Waals surface area contributed by atoms with Crippen molar-refractivity contribution >= 4 is 5.78 Å². The van der Waals surface area contributed by atoms with E-state index in [2.05, 4.69) is 0 Å². The molecule has 0 aliphatic heterocycles. The van der Waals surface area contributed by atoms with Crippen molar-refractivity contribution in [2.45, 2.75) is 32.8 Å². The molecule has 2 nitrogen and oxygen atoms in total. The molecule has 0 aromatic carbocycles. The number of allylic oxidation sites excluding steroid dienone is 3. The third kappa shape index (κ3) is 1.64. The number of carbonyl (C=O) groups is 1. The summed E-state index contributed by atoms with van der Waals surface area (Å²) in [7, 11) is 0. The van der Waals surface area contributed by atoms with Crippen LogP contribution in [0.3, 0.4) is 0 Å². The minimum Gasteiger partial charge on any atom is -0.381 e. The normalized spacial score (nSPS) is 24.6. The van der Waals surface area contributed by atoms with Gasteiger partial charge < -0.3 is 5.11 Å². The molecule has 0 aromatic rings. The molecule has 1 N–H and O–H groups in total. The van der Waals surface area contributed by atoms with E-state index in [1.165, 1.54) is 0 Å². The van der Waals surface area contributed by atoms with E-state index in [4.69, 9.17) is 0 Å². The van der Waals surface area contributed by atoms with Gasteiger partial charge in [0.2, 0.25) is 0 Å². The molecule has 0 saturated heterocycles. The third-order valence-corrected chi connectivity index (χ3v) is 2.20. The average molecular weight is 166 g/mol. The maximum absolute atomic E-state index is 11.0. The van der Waals surface area contributed by atoms with Crippen molar-refractivity contribution in [3.05, 3.63) is 23.3 Å². The Balaban J connectivity index is 2.73. The Kier molecular flexibility index (Phi) is 2.82. The summed E-state index contributed by atoms with van der Waals surface area (Å²) in [5.41, 5.74) is 1.92. The van der Waals surface area contributed by atoms with E-state index in [1.807, 2.05) is 26.0 Å². The summed E-state index contributed by atoms with van der Waals surface area (Å²) < 4.78 is 0. The van der Waals surface area contributed by atoms with E-state index in [1.54, 1.807) is 0 Å². The van der Waals surface area contributed by atoms with Crippen LogP contribution in [0.25, 0.3) is 0 Å². The van der Waals surface area contributed by atoms with Gasteiger partial charge >= 0.3 is 0 Å². The summed E-state index contributed by atoms with van der Waals surface area (Å²) in [6.45, 7) is 3.84. The monoisotopic (exact) mass is 166 g/mol. The van der Waals surface area contributed by atoms with E-state index >= 15 is 0 Å². The molecule has 1 unspecified atom stereocenters. The van der Waals surface area contributed by atoms with Crippen LogP contribution in [0.1, 0.15) is 26.7 Å². The fourth-order valence-corrected chi connectivity index (χ4v) is 1.43. The van der Waals surface area contributed by atoms with Crippen LogP contribution in [-0.2, 0) is 4.79 Å². The van der Waals surface area contributed by atoms with Gasteiger partial charge in [-0.15, -0.1) is 0 Å². The molecule has 1 atom stereocenters. The number of ketones is 1. The zero-order valence-electron chi connectivity index (χ0n) is 7.50. The van der Waals surface area contributed by atoms with Crippen LogP contribution in [0.4, 0.5) is 0 Å². The molecule has 66 valence electrons. The number of aliphatic hydroxyl groups excluding tert-OH is 1. The van der Waals surface area contributed by atoms with Crippen molar-refractivity contribution in [2.75, 3.05) is 0 Å². The lowest BCUT2D eigenvalue weighted by Gasteiger charge is -2.04. The highest BCUT2D eigenvalue weighted by atomic mass is 16.3. The Hall–Kier alpha value is -0.890. The number of rotatable bonds is 2. The standard InChI is InChI=1S/C10H14O2/c1-3-4-5-8-7(2)6-9(11)10(8)12/h3-4,10,12H,5-6H2,1-2H3/b4-3-. The maximum Gasteiger partial charge on any atom is 0.169 e. The quantitative estimate of drug-likeness (QED) is 0.633. The fraction of sp³-hybridized carbons (Fsp3) is 0.500. The van der Waals surface area contributed by atoms with Crippen LogP contribution in [0, 0.1) is 0 Å². The summed E-state index contributed by atoms with van der Waals surface area (Å²) in [5.74, 6) is -0.0630. The Morgan fingerprint density at radius 2 is 2.33 bits per heavy atom. The van der Waals surface area contributed by atoms with Crippen molar-refractivity contribution in [3.8, 4) is 0 Å². The molecule has 0 heterocycles. The van der Waals surface area contributed by atoms with Crippen molar-refractivity contribution < 1.29 is 9.90 Å². The number of hydrogen-bond donors (Lipinski definition) is 1. The molecule has 12 heavy (non-hydrogen) atoms. The van der Waals surface area contributed by atoms with E-state index in [0.717, 1.165) is 11.1 Å². The van der Waals surface area contributed by atoms with E-state index in [0.29, 0.717) is 12.8 Å². The van der Waals surface area contributed by atoms with Gasteiger partial charge in [-0.2, -0.15) is 0 Å². The van der Waals surface area contributed by atoms with Crippen LogP contribution in [0.5, 0.6) is 0 Å². The summed E-state index contributed by atoms with van der Waals surface area (Å²) in [5, 5.41) is 9.41. The van der Waals surface area contributed by atoms with Crippen LogP contribution in [0.2, 0.25) is 0 Å². The zero-order chi connectivity index (χ0) is 9.14. The zero-order valence-corrected chi connectivity index (χ0v) is 7.50. The molecule has 0 aromatic heterocycles. The minimum absolute atomic E-state index is 0.0630. The highest BCUT2D eigenvalue weighted by Gasteiger charge is 2.27. The predicted octanol–water partition coefficient (Wildman–Crippen LogP) is 1.60. The van der Waals surface area contributed by atoms with Gasteiger partial charge in [0.1, 0.15) is 6.10 Å². The Morgan fingerprint density at radius 3 is 2.75 bits per heavy atom. The second kappa shape index (κ2) is 3.68. The van der Waals surface area contributed by atoms with Gasteiger partial charge in [-0.25, -0.2) is 0 Å². The number of hydrogen-bond acceptors (Lipinski definition) is 2. The topological polar surface area (TPSA) is 37.3 Å². The highest BCUT2D eigenvalue weighted by Crippen LogP contribution is 2.25. The molecular weight excluding hydrogens is 152 g/mol. The molecule has 0 saturated carbocycles. The average Bonchev–Trinajstić information content (AvgIpc) is 2.25. The first-order chi connectivity index (χ1) is 5.66. The molecule has 0 amide bonds. The van der Waals surface area contributed by atoms with E-state index < -0.39 is 6.10 Å². The molecule has 1 aliphatic carbocycles. The van der Waals surface area contributed by atoms with Crippen LogP contribution in [0.15, 0.2) is 23.3 Å². The molecular formula is C10H14O2. The van der Waals surface area contributed by atoms with Crippen molar-refractivity contribution in [1.29, 1.82) is 0 Å². The van der Waals surface area contributed by atoms with Crippen molar-refractivity contribution in [1.82, 2.24) is 0 Å².